The van der Waals surface area contributed by atoms with E-state index in [1.807, 2.05) is 0 Å². The molecule has 0 aliphatic carbocycles. The van der Waals surface area contributed by atoms with Crippen LogP contribution in [-0.2, 0) is 11.2 Å². The van der Waals surface area contributed by atoms with E-state index in [1.165, 1.54) is 47.9 Å². The van der Waals surface area contributed by atoms with Crippen molar-refractivity contribution >= 4 is 69.4 Å². The summed E-state index contributed by atoms with van der Waals surface area (Å²) >= 11 is 3.68. The molecule has 0 radical (unpaired) electrons. The normalized spacial score (nSPS) is 12.8. The number of guanidine groups is 2. The van der Waals surface area contributed by atoms with E-state index in [1.54, 1.807) is 27.7 Å². The molecule has 3 atom stereocenters. The summed E-state index contributed by atoms with van der Waals surface area (Å²) in [5, 5.41) is 10.8. The maximum Gasteiger partial charge on any atom is 0.263 e. The molecule has 3 aromatic heterocycles. The van der Waals surface area contributed by atoms with Gasteiger partial charge in [-0.25, -0.2) is 15.0 Å². The number of aromatic nitrogens is 3. The largest absolute Gasteiger partial charge is 0.370 e. The summed E-state index contributed by atoms with van der Waals surface area (Å²) < 4.78 is 0. The van der Waals surface area contributed by atoms with Crippen LogP contribution in [0.15, 0.2) is 9.98 Å². The summed E-state index contributed by atoms with van der Waals surface area (Å²) in [5.74, 6) is -1.30. The topological polar surface area (TPSA) is 272 Å². The summed E-state index contributed by atoms with van der Waals surface area (Å²) in [6, 6.07) is -1.81. The van der Waals surface area contributed by atoms with Gasteiger partial charge in [-0.15, -0.1) is 34.0 Å². The average molecular weight is 733 g/mol. The predicted molar refractivity (Wildman–Crippen MR) is 193 cm³/mol. The third-order valence-corrected chi connectivity index (χ3v) is 10.2. The number of nitrogens with zero attached hydrogens (tertiary/aromatic N) is 5. The Labute approximate surface area is 296 Å². The lowest BCUT2D eigenvalue weighted by Crippen LogP contribution is -2.33. The molecule has 0 spiro atoms. The second-order valence-electron chi connectivity index (χ2n) is 11.3. The first-order valence-corrected chi connectivity index (χ1v) is 18.0. The third-order valence-electron chi connectivity index (χ3n) is 6.96. The molecule has 3 rings (SSSR count). The summed E-state index contributed by atoms with van der Waals surface area (Å²) in [7, 11) is 0. The van der Waals surface area contributed by atoms with Crippen LogP contribution in [0.1, 0.15) is 126 Å². The first kappa shape index (κ1) is 39.0. The highest BCUT2D eigenvalue weighted by Crippen LogP contribution is 2.31. The van der Waals surface area contributed by atoms with Gasteiger partial charge in [0.15, 0.2) is 17.7 Å². The summed E-state index contributed by atoms with van der Waals surface area (Å²) in [6.45, 7) is 10.7. The number of hydrogen-bond acceptors (Lipinski definition) is 12. The molecule has 266 valence electrons. The molecule has 0 aliphatic heterocycles. The number of ketones is 1. The molecular formula is C30H44N12O4S3. The minimum atomic E-state index is -0.677. The number of amides is 3. The van der Waals surface area contributed by atoms with Gasteiger partial charge in [-0.1, -0.05) is 0 Å². The van der Waals surface area contributed by atoms with E-state index in [0.717, 1.165) is 0 Å². The van der Waals surface area contributed by atoms with Gasteiger partial charge in [0.2, 0.25) is 5.91 Å². The highest BCUT2D eigenvalue weighted by molar-refractivity contribution is 7.14. The maximum atomic E-state index is 13.9. The molecule has 0 aliphatic rings. The zero-order chi connectivity index (χ0) is 36.4. The number of rotatable bonds is 17. The molecular weight excluding hydrogens is 689 g/mol. The minimum absolute atomic E-state index is 0.00380. The summed E-state index contributed by atoms with van der Waals surface area (Å²) in [4.78, 5) is 74.8. The van der Waals surface area contributed by atoms with Gasteiger partial charge in [-0.05, 0) is 47.0 Å². The van der Waals surface area contributed by atoms with Crippen molar-refractivity contribution in [3.05, 3.63) is 46.7 Å². The number of carbonyl (C=O) groups is 4. The number of Topliss-reactive ketones (excluding diaryl/α,β-unsaturated/α-hetero) is 1. The zero-order valence-electron chi connectivity index (χ0n) is 28.4. The Kier molecular flexibility index (Phi) is 14.1. The predicted octanol–water partition coefficient (Wildman–Crippen LogP) is 2.29. The molecule has 11 N–H and O–H groups in total. The Morgan fingerprint density at radius 2 is 1.20 bits per heavy atom. The number of aliphatic imine (C=N–C) groups is 2. The standard InChI is InChI=1S/C30H44N12O4S3/c1-13(37-16(4)44)22-26(49-20(42-22)10-8-12-36-30(33)34)27(45)38-14(2)21-25(48-17(5)39-21)28(46)41-19(9-7-11-35-29(31)32)23-24(15(3)43)47-18(6)40-23/h13-14,19H,7-12H2,1-6H3,(H,37,44)(H,38,45)(H,41,46)(H4,31,32,35)(H4,33,34,36)/t13-,14-,19-/m0/s1. The molecule has 19 heteroatoms. The van der Waals surface area contributed by atoms with Crippen molar-refractivity contribution in [3.8, 4) is 0 Å². The molecule has 3 aromatic rings. The van der Waals surface area contributed by atoms with Crippen LogP contribution in [0.3, 0.4) is 0 Å². The Balaban J connectivity index is 1.87. The fraction of sp³-hybridized carbons (Fsp3) is 0.500. The van der Waals surface area contributed by atoms with Crippen molar-refractivity contribution in [1.29, 1.82) is 0 Å². The molecule has 0 saturated carbocycles. The van der Waals surface area contributed by atoms with Crippen molar-refractivity contribution in [3.63, 3.8) is 0 Å². The van der Waals surface area contributed by atoms with E-state index < -0.39 is 29.9 Å². The first-order valence-electron chi connectivity index (χ1n) is 15.5. The lowest BCUT2D eigenvalue weighted by molar-refractivity contribution is -0.119. The summed E-state index contributed by atoms with van der Waals surface area (Å²) in [5.41, 5.74) is 23.1. The van der Waals surface area contributed by atoms with Crippen molar-refractivity contribution in [2.75, 3.05) is 13.1 Å². The Hall–Kier alpha value is -4.49. The van der Waals surface area contributed by atoms with E-state index in [-0.39, 0.29) is 23.6 Å². The van der Waals surface area contributed by atoms with Gasteiger partial charge >= 0.3 is 0 Å². The fourth-order valence-corrected chi connectivity index (χ4v) is 7.82. The van der Waals surface area contributed by atoms with Crippen molar-refractivity contribution in [1.82, 2.24) is 30.9 Å². The Morgan fingerprint density at radius 1 is 0.694 bits per heavy atom. The highest BCUT2D eigenvalue weighted by Gasteiger charge is 2.30. The Morgan fingerprint density at radius 3 is 1.80 bits per heavy atom. The van der Waals surface area contributed by atoms with Gasteiger partial charge < -0.3 is 38.9 Å². The van der Waals surface area contributed by atoms with Gasteiger partial charge in [-0.2, -0.15) is 0 Å². The second kappa shape index (κ2) is 17.8. The van der Waals surface area contributed by atoms with E-state index in [0.29, 0.717) is 85.5 Å². The van der Waals surface area contributed by atoms with Crippen LogP contribution in [0.25, 0.3) is 0 Å². The van der Waals surface area contributed by atoms with Crippen LogP contribution in [0, 0.1) is 13.8 Å². The van der Waals surface area contributed by atoms with E-state index >= 15 is 0 Å². The highest BCUT2D eigenvalue weighted by atomic mass is 32.1. The number of thiazole rings is 3. The van der Waals surface area contributed by atoms with Crippen LogP contribution < -0.4 is 38.9 Å². The van der Waals surface area contributed by atoms with Gasteiger partial charge in [0, 0.05) is 33.4 Å². The number of aryl methyl sites for hydroxylation is 3. The van der Waals surface area contributed by atoms with Crippen molar-refractivity contribution < 1.29 is 19.2 Å². The average Bonchev–Trinajstić information content (AvgIpc) is 3.73. The lowest BCUT2D eigenvalue weighted by atomic mass is 10.0. The van der Waals surface area contributed by atoms with Gasteiger partial charge in [0.25, 0.3) is 11.8 Å². The molecule has 3 amide bonds. The zero-order valence-corrected chi connectivity index (χ0v) is 30.8. The fourth-order valence-electron chi connectivity index (χ4n) is 4.92. The summed E-state index contributed by atoms with van der Waals surface area (Å²) in [6.07, 6.45) is 2.07. The van der Waals surface area contributed by atoms with Crippen LogP contribution in [0.5, 0.6) is 0 Å². The van der Waals surface area contributed by atoms with Crippen molar-refractivity contribution in [2.24, 2.45) is 32.9 Å². The third kappa shape index (κ3) is 11.3. The first-order chi connectivity index (χ1) is 23.1. The molecule has 0 unspecified atom stereocenters. The smallest absolute Gasteiger partial charge is 0.263 e. The number of nitrogens with two attached hydrogens (primary N) is 4. The molecule has 0 fully saturated rings. The van der Waals surface area contributed by atoms with E-state index in [9.17, 15) is 19.2 Å². The van der Waals surface area contributed by atoms with Crippen LogP contribution in [0.4, 0.5) is 0 Å². The maximum absolute atomic E-state index is 13.9. The molecule has 0 bridgehead atoms. The van der Waals surface area contributed by atoms with Gasteiger partial charge in [0.05, 0.1) is 55.1 Å². The monoisotopic (exact) mass is 732 g/mol. The molecule has 16 nitrogen and oxygen atoms in total. The number of carbonyl (C=O) groups excluding carboxylic acids is 4. The molecule has 0 aromatic carbocycles. The number of nitrogens with one attached hydrogen (secondary N) is 3. The van der Waals surface area contributed by atoms with E-state index in [2.05, 4.69) is 40.9 Å². The molecule has 0 saturated heterocycles. The minimum Gasteiger partial charge on any atom is -0.370 e. The van der Waals surface area contributed by atoms with E-state index in [4.69, 9.17) is 22.9 Å². The lowest BCUT2D eigenvalue weighted by Gasteiger charge is -2.19. The Bertz CT molecular complexity index is 1720. The molecule has 3 heterocycles. The van der Waals surface area contributed by atoms with Crippen LogP contribution in [-0.4, -0.2) is 63.5 Å². The number of hydrogen-bond donors (Lipinski definition) is 7. The van der Waals surface area contributed by atoms with Crippen LogP contribution >= 0.6 is 34.0 Å². The van der Waals surface area contributed by atoms with Crippen molar-refractivity contribution in [2.45, 2.75) is 85.4 Å². The second-order valence-corrected chi connectivity index (χ2v) is 14.8. The quantitative estimate of drug-likeness (QED) is 0.0458. The van der Waals surface area contributed by atoms with Gasteiger partial charge in [-0.3, -0.25) is 29.2 Å². The van der Waals surface area contributed by atoms with Gasteiger partial charge in [0.1, 0.15) is 9.75 Å². The van der Waals surface area contributed by atoms with Crippen LogP contribution in [0.2, 0.25) is 0 Å². The molecule has 49 heavy (non-hydrogen) atoms. The SMILES string of the molecule is CC(=O)N[C@@H](C)c1nc(CCCN=C(N)N)sc1C(=O)N[C@@H](C)c1nc(C)sc1C(=O)N[C@@H](CCCN=C(N)N)c1nc(C)sc1C(C)=O.